The third-order valence-corrected chi connectivity index (χ3v) is 17.8. The number of anilines is 6. The minimum Gasteiger partial charge on any atom is -0.497 e. The summed E-state index contributed by atoms with van der Waals surface area (Å²) in [6.45, 7) is 6.04. The first-order valence-electron chi connectivity index (χ1n) is 30.0. The average Bonchev–Trinajstić information content (AvgIpc) is 1.49. The van der Waals surface area contributed by atoms with Crippen molar-refractivity contribution in [2.75, 3.05) is 24.0 Å². The molecule has 0 amide bonds. The number of para-hydroxylation sites is 4. The first-order valence-corrected chi connectivity index (χ1v) is 30.0. The number of hydrogen-bond acceptors (Lipinski definition) is 7. The van der Waals surface area contributed by atoms with Gasteiger partial charge in [-0.15, -0.1) is 0 Å². The van der Waals surface area contributed by atoms with E-state index in [0.717, 1.165) is 170 Å². The van der Waals surface area contributed by atoms with E-state index in [-0.39, 0.29) is 0 Å². The van der Waals surface area contributed by atoms with Crippen molar-refractivity contribution >= 4 is 77.7 Å². The Bertz CT molecular complexity index is 4700. The molecular weight excluding hydrogens is 1080 g/mol. The van der Waals surface area contributed by atoms with Crippen molar-refractivity contribution in [3.63, 3.8) is 0 Å². The number of ether oxygens (including phenoxy) is 5. The lowest BCUT2D eigenvalue weighted by atomic mass is 9.66. The Kier molecular flexibility index (Phi) is 12.6. The molecule has 0 atom stereocenters. The van der Waals surface area contributed by atoms with Crippen LogP contribution in [-0.4, -0.2) is 23.4 Å². The summed E-state index contributed by atoms with van der Waals surface area (Å²) in [5.74, 6) is 6.36. The molecule has 1 aliphatic heterocycles. The monoisotopic (exact) mass is 1140 g/mol. The van der Waals surface area contributed by atoms with E-state index in [1.807, 2.05) is 84.9 Å². The summed E-state index contributed by atoms with van der Waals surface area (Å²) in [5, 5.41) is 4.51. The van der Waals surface area contributed by atoms with Crippen molar-refractivity contribution in [2.24, 2.45) is 0 Å². The van der Waals surface area contributed by atoms with Gasteiger partial charge in [-0.25, -0.2) is 0 Å². The number of nitrogens with zero attached hydrogens (tertiary/aromatic N) is 4. The summed E-state index contributed by atoms with van der Waals surface area (Å²) >= 11 is 0. The van der Waals surface area contributed by atoms with Crippen LogP contribution >= 0.6 is 0 Å². The molecule has 14 aromatic rings. The summed E-state index contributed by atoms with van der Waals surface area (Å²) in [6, 6.07) is 94.6. The van der Waals surface area contributed by atoms with Gasteiger partial charge < -0.3 is 42.6 Å². The Morgan fingerprint density at radius 3 is 1.07 bits per heavy atom. The zero-order valence-electron chi connectivity index (χ0n) is 49.1. The molecule has 0 N–H and O–H groups in total. The van der Waals surface area contributed by atoms with E-state index in [4.69, 9.17) is 23.7 Å². The first-order chi connectivity index (χ1) is 43.4. The SMILES string of the molecule is CCn1c2ccc(Oc3ccccc3)cc2c2cc(N(c3ccc(OC)cc3)c3ccc4c(c3)C3(c5ccccc5Oc5ccccc53)c3cc(N(c5ccc(OC)cc5)c5ccc6c(c5)c5cc(Oc7ccccc7)ccc5n6CC)ccc3-4)ccc21. The molecule has 0 saturated heterocycles. The number of fused-ring (bicyclic) bond motifs is 15. The van der Waals surface area contributed by atoms with Gasteiger partial charge in [-0.05, 0) is 218 Å². The van der Waals surface area contributed by atoms with Gasteiger partial charge in [0.1, 0.15) is 46.0 Å². The van der Waals surface area contributed by atoms with Crippen molar-refractivity contribution < 1.29 is 23.7 Å². The molecule has 88 heavy (non-hydrogen) atoms. The Morgan fingerprint density at radius 2 is 0.659 bits per heavy atom. The zero-order valence-corrected chi connectivity index (χ0v) is 49.1. The lowest BCUT2D eigenvalue weighted by Gasteiger charge is -2.40. The van der Waals surface area contributed by atoms with Gasteiger partial charge in [0.15, 0.2) is 0 Å². The first kappa shape index (κ1) is 52.4. The van der Waals surface area contributed by atoms with Gasteiger partial charge in [-0.1, -0.05) is 84.9 Å². The van der Waals surface area contributed by atoms with Crippen molar-refractivity contribution in [3.05, 3.63) is 289 Å². The minimum absolute atomic E-state index is 0.782. The van der Waals surface area contributed by atoms with E-state index in [0.29, 0.717) is 0 Å². The highest BCUT2D eigenvalue weighted by atomic mass is 16.5. The van der Waals surface area contributed by atoms with Crippen molar-refractivity contribution in [2.45, 2.75) is 32.4 Å². The highest BCUT2D eigenvalue weighted by Gasteiger charge is 2.51. The molecule has 2 aromatic heterocycles. The Hall–Kier alpha value is -11.2. The van der Waals surface area contributed by atoms with Gasteiger partial charge in [0.05, 0.1) is 19.6 Å². The molecule has 16 rings (SSSR count). The van der Waals surface area contributed by atoms with Crippen LogP contribution in [0.1, 0.15) is 36.1 Å². The molecule has 3 heterocycles. The minimum atomic E-state index is -0.833. The molecular formula is C79H60N4O5. The smallest absolute Gasteiger partial charge is 0.132 e. The van der Waals surface area contributed by atoms with Crippen LogP contribution in [0, 0.1) is 0 Å². The maximum absolute atomic E-state index is 6.96. The number of aromatic nitrogens is 2. The van der Waals surface area contributed by atoms with Gasteiger partial charge >= 0.3 is 0 Å². The van der Waals surface area contributed by atoms with Crippen LogP contribution in [0.4, 0.5) is 34.1 Å². The van der Waals surface area contributed by atoms with Crippen LogP contribution in [0.3, 0.4) is 0 Å². The van der Waals surface area contributed by atoms with E-state index in [2.05, 4.69) is 215 Å². The van der Waals surface area contributed by atoms with Crippen LogP contribution in [0.15, 0.2) is 267 Å². The van der Waals surface area contributed by atoms with E-state index in [1.54, 1.807) is 14.2 Å². The fraction of sp³-hybridized carbons (Fsp3) is 0.0886. The zero-order chi connectivity index (χ0) is 59.0. The second-order valence-corrected chi connectivity index (χ2v) is 22.5. The van der Waals surface area contributed by atoms with Gasteiger partial charge in [0.2, 0.25) is 0 Å². The van der Waals surface area contributed by atoms with Crippen LogP contribution in [-0.2, 0) is 18.5 Å². The second kappa shape index (κ2) is 21.1. The predicted octanol–water partition coefficient (Wildman–Crippen LogP) is 21.0. The summed E-state index contributed by atoms with van der Waals surface area (Å²) in [6.07, 6.45) is 0. The molecule has 12 aromatic carbocycles. The Labute approximate surface area is 510 Å². The van der Waals surface area contributed by atoms with Gasteiger partial charge in [0.25, 0.3) is 0 Å². The molecule has 0 bridgehead atoms. The van der Waals surface area contributed by atoms with E-state index in [1.165, 1.54) is 0 Å². The molecule has 426 valence electrons. The molecule has 0 saturated carbocycles. The number of benzene rings is 12. The quantitative estimate of drug-likeness (QED) is 0.107. The van der Waals surface area contributed by atoms with E-state index >= 15 is 0 Å². The summed E-state index contributed by atoms with van der Waals surface area (Å²) in [5.41, 5.74) is 16.5. The van der Waals surface area contributed by atoms with Gasteiger partial charge in [-0.3, -0.25) is 0 Å². The molecule has 9 heteroatoms. The Balaban J connectivity index is 0.899. The lowest BCUT2D eigenvalue weighted by molar-refractivity contribution is 0.414. The molecule has 9 nitrogen and oxygen atoms in total. The third kappa shape index (κ3) is 8.37. The molecule has 1 spiro atoms. The van der Waals surface area contributed by atoms with E-state index < -0.39 is 5.41 Å². The fourth-order valence-corrected chi connectivity index (χ4v) is 14.0. The third-order valence-electron chi connectivity index (χ3n) is 17.8. The van der Waals surface area contributed by atoms with Gasteiger partial charge in [0, 0.05) is 102 Å². The highest BCUT2D eigenvalue weighted by molar-refractivity contribution is 6.11. The molecule has 0 radical (unpaired) electrons. The lowest BCUT2D eigenvalue weighted by Crippen LogP contribution is -2.32. The molecule has 2 aliphatic rings. The number of methoxy groups -OCH3 is 2. The van der Waals surface area contributed by atoms with Crippen LogP contribution < -0.4 is 33.5 Å². The van der Waals surface area contributed by atoms with Crippen molar-refractivity contribution in [1.29, 1.82) is 0 Å². The second-order valence-electron chi connectivity index (χ2n) is 22.5. The largest absolute Gasteiger partial charge is 0.497 e. The summed E-state index contributed by atoms with van der Waals surface area (Å²) in [7, 11) is 3.43. The van der Waals surface area contributed by atoms with Gasteiger partial charge in [-0.2, -0.15) is 0 Å². The molecule has 1 aliphatic carbocycles. The summed E-state index contributed by atoms with van der Waals surface area (Å²) in [4.78, 5) is 4.76. The summed E-state index contributed by atoms with van der Waals surface area (Å²) < 4.78 is 36.2. The maximum atomic E-state index is 6.96. The van der Waals surface area contributed by atoms with E-state index in [9.17, 15) is 0 Å². The number of hydrogen-bond donors (Lipinski definition) is 0. The van der Waals surface area contributed by atoms with Crippen LogP contribution in [0.2, 0.25) is 0 Å². The predicted molar refractivity (Wildman–Crippen MR) is 357 cm³/mol. The van der Waals surface area contributed by atoms with Crippen molar-refractivity contribution in [1.82, 2.24) is 9.13 Å². The maximum Gasteiger partial charge on any atom is 0.132 e. The Morgan fingerprint density at radius 1 is 0.318 bits per heavy atom. The number of aryl methyl sites for hydroxylation is 2. The normalized spacial score (nSPS) is 12.6. The fourth-order valence-electron chi connectivity index (χ4n) is 14.0. The van der Waals surface area contributed by atoms with Crippen LogP contribution in [0.5, 0.6) is 46.0 Å². The standard InChI is InChI=1S/C79H60N4O5/c1-5-80-73-41-31-53(45-65(73)67-49-61(37-43-75(67)80)86-59-17-9-7-10-18-59)82(51-25-33-57(84-3)34-26-51)55-29-39-63-64-40-30-56(48-72(64)79(71(63)47-55)69-21-13-15-23-77(69)88-78-24-16-14-22-70(78)79)83(52-27-35-58(85-4)36-28-52)54-32-42-74-66(46-54)68-50-62(38-44-76(68)81(74)6-2)87-60-19-11-8-12-20-60/h7-50H,5-6H2,1-4H3. The number of rotatable bonds is 14. The highest BCUT2D eigenvalue weighted by Crippen LogP contribution is 2.64. The average molecular weight is 1150 g/mol. The van der Waals surface area contributed by atoms with Crippen LogP contribution in [0.25, 0.3) is 54.7 Å². The molecule has 0 unspecified atom stereocenters. The van der Waals surface area contributed by atoms with Crippen molar-refractivity contribution in [3.8, 4) is 57.1 Å². The molecule has 0 fully saturated rings. The topological polar surface area (TPSA) is 62.5 Å².